The smallest absolute Gasteiger partial charge is 0.224 e. The number of hydrogen-bond acceptors (Lipinski definition) is 1. The molecule has 4 heteroatoms. The Kier molecular flexibility index (Phi) is 2.14. The molecule has 0 spiro atoms. The zero-order chi connectivity index (χ0) is 3.58. The summed E-state index contributed by atoms with van der Waals surface area (Å²) in [4.78, 5) is 0. The van der Waals surface area contributed by atoms with E-state index in [1.807, 2.05) is 0 Å². The third-order valence-electron chi connectivity index (χ3n) is 0. The SMILES string of the molecule is O=S(O)Br. The number of rotatable bonds is 0. The standard InChI is InChI=1S/BrHO2S/c1-4(2)3/h(H,2,3). The van der Waals surface area contributed by atoms with Crippen LogP contribution in [0.2, 0.25) is 0 Å². The maximum atomic E-state index is 9.03. The summed E-state index contributed by atoms with van der Waals surface area (Å²) < 4.78 is 16.5. The summed E-state index contributed by atoms with van der Waals surface area (Å²) in [5.74, 6) is 0. The predicted molar refractivity (Wildman–Crippen MR) is 19.7 cm³/mol. The average molecular weight is 145 g/mol. The van der Waals surface area contributed by atoms with Crippen molar-refractivity contribution < 1.29 is 8.76 Å². The summed E-state index contributed by atoms with van der Waals surface area (Å²) in [5, 5.41) is 0. The molecule has 0 aromatic heterocycles. The van der Waals surface area contributed by atoms with E-state index >= 15 is 0 Å². The van der Waals surface area contributed by atoms with E-state index in [2.05, 4.69) is 14.8 Å². The van der Waals surface area contributed by atoms with Gasteiger partial charge in [-0.3, -0.25) is 4.55 Å². The molecular formula is HBrO2S. The molecule has 1 N–H and O–H groups in total. The Morgan fingerprint density at radius 2 is 2.00 bits per heavy atom. The summed E-state index contributed by atoms with van der Waals surface area (Å²) in [7, 11) is -1.80. The van der Waals surface area contributed by atoms with E-state index in [4.69, 9.17) is 8.76 Å². The van der Waals surface area contributed by atoms with E-state index < -0.39 is 9.51 Å². The van der Waals surface area contributed by atoms with Crippen molar-refractivity contribution in [2.24, 2.45) is 0 Å². The largest absolute Gasteiger partial charge is 0.297 e. The summed E-state index contributed by atoms with van der Waals surface area (Å²) in [5.41, 5.74) is 0. The Labute approximate surface area is 33.7 Å². The molecule has 0 aliphatic heterocycles. The van der Waals surface area contributed by atoms with Gasteiger partial charge in [-0.2, -0.15) is 0 Å². The molecule has 0 aromatic carbocycles. The molecule has 0 saturated heterocycles. The molecule has 1 atom stereocenters. The third kappa shape index (κ3) is 18.8. The van der Waals surface area contributed by atoms with Gasteiger partial charge in [-0.1, -0.05) is 0 Å². The van der Waals surface area contributed by atoms with Crippen LogP contribution in [0.3, 0.4) is 0 Å². The second-order valence-corrected chi connectivity index (χ2v) is 2.28. The van der Waals surface area contributed by atoms with Crippen LogP contribution < -0.4 is 0 Å². The lowest BCUT2D eigenvalue weighted by Crippen LogP contribution is -1.58. The molecule has 0 fully saturated rings. The van der Waals surface area contributed by atoms with E-state index in [9.17, 15) is 0 Å². The first-order chi connectivity index (χ1) is 1.73. The van der Waals surface area contributed by atoms with E-state index in [0.29, 0.717) is 0 Å². The highest BCUT2D eigenvalue weighted by molar-refractivity contribution is 9.45. The number of halogens is 1. The highest BCUT2D eigenvalue weighted by Crippen LogP contribution is 1.78. The molecule has 0 aromatic rings. The predicted octanol–water partition coefficient (Wildman–Crippen LogP) is 0.518. The molecule has 0 bridgehead atoms. The van der Waals surface area contributed by atoms with Crippen molar-refractivity contribution in [2.45, 2.75) is 0 Å². The topological polar surface area (TPSA) is 37.3 Å². The molecule has 0 aliphatic carbocycles. The van der Waals surface area contributed by atoms with Gasteiger partial charge in [-0.05, 0) is 0 Å². The molecule has 1 unspecified atom stereocenters. The van der Waals surface area contributed by atoms with Crippen molar-refractivity contribution in [3.8, 4) is 0 Å². The van der Waals surface area contributed by atoms with E-state index in [-0.39, 0.29) is 0 Å². The minimum Gasteiger partial charge on any atom is -0.297 e. The second kappa shape index (κ2) is 1.87. The van der Waals surface area contributed by atoms with E-state index in [0.717, 1.165) is 0 Å². The van der Waals surface area contributed by atoms with Gasteiger partial charge in [0, 0.05) is 0 Å². The van der Waals surface area contributed by atoms with E-state index in [1.165, 1.54) is 0 Å². The van der Waals surface area contributed by atoms with Crippen molar-refractivity contribution in [1.29, 1.82) is 0 Å². The first-order valence-corrected chi connectivity index (χ1v) is 3.45. The van der Waals surface area contributed by atoms with Crippen molar-refractivity contribution in [1.82, 2.24) is 0 Å². The van der Waals surface area contributed by atoms with Gasteiger partial charge < -0.3 is 0 Å². The third-order valence-corrected chi connectivity index (χ3v) is 0. The molecule has 0 saturated carbocycles. The van der Waals surface area contributed by atoms with Crippen LogP contribution in [-0.2, 0) is 9.51 Å². The first kappa shape index (κ1) is 4.59. The lowest BCUT2D eigenvalue weighted by Gasteiger charge is -1.56. The maximum absolute atomic E-state index is 9.03. The van der Waals surface area contributed by atoms with Gasteiger partial charge >= 0.3 is 0 Å². The monoisotopic (exact) mass is 144 g/mol. The zero-order valence-corrected chi connectivity index (χ0v) is 4.04. The minimum atomic E-state index is -1.80. The van der Waals surface area contributed by atoms with Crippen LogP contribution in [0.25, 0.3) is 0 Å². The zero-order valence-electron chi connectivity index (χ0n) is 1.64. The van der Waals surface area contributed by atoms with Crippen LogP contribution >= 0.6 is 14.8 Å². The van der Waals surface area contributed by atoms with Crippen LogP contribution in [0.15, 0.2) is 0 Å². The summed E-state index contributed by atoms with van der Waals surface area (Å²) in [6.07, 6.45) is 0. The highest BCUT2D eigenvalue weighted by atomic mass is 79.9. The summed E-state index contributed by atoms with van der Waals surface area (Å²) in [6, 6.07) is 0. The van der Waals surface area contributed by atoms with Gasteiger partial charge in [0.05, 0.1) is 14.8 Å². The maximum Gasteiger partial charge on any atom is 0.224 e. The van der Waals surface area contributed by atoms with Crippen LogP contribution in [0.4, 0.5) is 0 Å². The fourth-order valence-electron chi connectivity index (χ4n) is 0. The quantitative estimate of drug-likeness (QED) is 0.398. The minimum absolute atomic E-state index is 1.80. The van der Waals surface area contributed by atoms with Gasteiger partial charge in [-0.25, -0.2) is 4.21 Å². The van der Waals surface area contributed by atoms with Crippen LogP contribution in [-0.4, -0.2) is 8.76 Å². The van der Waals surface area contributed by atoms with Crippen LogP contribution in [0.1, 0.15) is 0 Å². The van der Waals surface area contributed by atoms with Gasteiger partial charge in [0.15, 0.2) is 0 Å². The van der Waals surface area contributed by atoms with Crippen molar-refractivity contribution in [3.63, 3.8) is 0 Å². The van der Waals surface area contributed by atoms with Crippen molar-refractivity contribution >= 4 is 24.3 Å². The molecule has 0 aliphatic rings. The van der Waals surface area contributed by atoms with E-state index in [1.54, 1.807) is 0 Å². The highest BCUT2D eigenvalue weighted by Gasteiger charge is 1.64. The Bertz CT molecular complexity index is 29.0. The van der Waals surface area contributed by atoms with Gasteiger partial charge in [0.25, 0.3) is 0 Å². The summed E-state index contributed by atoms with van der Waals surface area (Å²) >= 11 is 2.30. The van der Waals surface area contributed by atoms with Gasteiger partial charge in [-0.15, -0.1) is 0 Å². The van der Waals surface area contributed by atoms with Crippen molar-refractivity contribution in [2.75, 3.05) is 0 Å². The molecule has 0 amide bonds. The lowest BCUT2D eigenvalue weighted by molar-refractivity contribution is 0.582. The molecule has 0 heterocycles. The number of hydrogen-bond donors (Lipinski definition) is 1. The van der Waals surface area contributed by atoms with Crippen molar-refractivity contribution in [3.05, 3.63) is 0 Å². The second-order valence-electron chi connectivity index (χ2n) is 0.207. The molecule has 2 nitrogen and oxygen atoms in total. The lowest BCUT2D eigenvalue weighted by atomic mass is 15.9. The molecular weight excluding hydrogens is 144 g/mol. The van der Waals surface area contributed by atoms with Gasteiger partial charge in [0.2, 0.25) is 9.51 Å². The fourth-order valence-corrected chi connectivity index (χ4v) is 0. The molecule has 4 heavy (non-hydrogen) atoms. The molecule has 26 valence electrons. The summed E-state index contributed by atoms with van der Waals surface area (Å²) in [6.45, 7) is 0. The molecule has 0 rings (SSSR count). The normalized spacial score (nSPS) is 15.5. The van der Waals surface area contributed by atoms with Crippen LogP contribution in [0.5, 0.6) is 0 Å². The Balaban J connectivity index is 2.80. The first-order valence-electron chi connectivity index (χ1n) is 0.504. The Morgan fingerprint density at radius 1 is 2.00 bits per heavy atom. The van der Waals surface area contributed by atoms with Gasteiger partial charge in [0.1, 0.15) is 0 Å². The van der Waals surface area contributed by atoms with Crippen LogP contribution in [0, 0.1) is 0 Å². The fraction of sp³-hybridized carbons (Fsp3) is 0. The Morgan fingerprint density at radius 3 is 2.00 bits per heavy atom. The Hall–Kier alpha value is 0.590. The average Bonchev–Trinajstić information content (AvgIpc) is 0.811. The molecule has 0 radical (unpaired) electrons.